The quantitative estimate of drug-likeness (QED) is 0.480. The van der Waals surface area contributed by atoms with E-state index in [1.165, 1.54) is 32.1 Å². The smallest absolute Gasteiger partial charge is 0.309 e. The van der Waals surface area contributed by atoms with Gasteiger partial charge in [0, 0.05) is 40.8 Å². The zero-order chi connectivity index (χ0) is 14.0. The molecule has 0 radical (unpaired) electrons. The van der Waals surface area contributed by atoms with Crippen LogP contribution in [-0.4, -0.2) is 11.1 Å². The van der Waals surface area contributed by atoms with E-state index in [0.29, 0.717) is 0 Å². The third-order valence-electron chi connectivity index (χ3n) is 4.20. The molecule has 0 rings (SSSR count). The van der Waals surface area contributed by atoms with Crippen LogP contribution in [0.15, 0.2) is 0 Å². The van der Waals surface area contributed by atoms with Crippen LogP contribution in [0.5, 0.6) is 0 Å². The summed E-state index contributed by atoms with van der Waals surface area (Å²) in [5, 5.41) is 9.57. The van der Waals surface area contributed by atoms with Crippen molar-refractivity contribution < 1.29 is 50.7 Å². The molecule has 0 saturated carbocycles. The van der Waals surface area contributed by atoms with Crippen LogP contribution in [0.4, 0.5) is 0 Å². The molecule has 0 amide bonds. The van der Waals surface area contributed by atoms with Crippen molar-refractivity contribution in [2.75, 3.05) is 0 Å². The average molecular weight is 401 g/mol. The van der Waals surface area contributed by atoms with E-state index in [1.807, 2.05) is 0 Å². The Morgan fingerprint density at radius 1 is 0.947 bits per heavy atom. The minimum Gasteiger partial charge on any atom is -0.481 e. The molecule has 1 atom stereocenters. The van der Waals surface area contributed by atoms with Crippen LogP contribution in [0, 0.1) is 52.2 Å². The van der Waals surface area contributed by atoms with Crippen molar-refractivity contribution in [3.63, 3.8) is 0 Å². The van der Waals surface area contributed by atoms with Crippen LogP contribution >= 0.6 is 0 Å². The molecule has 0 aromatic carbocycles. The van der Waals surface area contributed by atoms with E-state index >= 15 is 0 Å². The second kappa shape index (κ2) is 12.6. The summed E-state index contributed by atoms with van der Waals surface area (Å²) in [6.45, 7) is 8.42. The SMILES string of the molecule is CCCCCCCCC(CCC)(C(=O)O)C(C)C.[Nd]. The summed E-state index contributed by atoms with van der Waals surface area (Å²) in [5.74, 6) is -0.363. The Balaban J connectivity index is 0. The Kier molecular flexibility index (Phi) is 14.6. The molecule has 0 aromatic rings. The van der Waals surface area contributed by atoms with Gasteiger partial charge in [0.2, 0.25) is 0 Å². The molecule has 0 aliphatic rings. The van der Waals surface area contributed by atoms with Crippen LogP contribution < -0.4 is 0 Å². The number of carbonyl (C=O) groups is 1. The Hall–Kier alpha value is 0.821. The predicted molar refractivity (Wildman–Crippen MR) is 77.8 cm³/mol. The summed E-state index contributed by atoms with van der Waals surface area (Å²) in [5.41, 5.74) is -0.487. The number of unbranched alkanes of at least 4 members (excludes halogenated alkanes) is 5. The van der Waals surface area contributed by atoms with E-state index in [1.54, 1.807) is 0 Å². The monoisotopic (exact) mass is 398 g/mol. The summed E-state index contributed by atoms with van der Waals surface area (Å²) in [6, 6.07) is 0. The Morgan fingerprint density at radius 2 is 1.47 bits per heavy atom. The number of hydrogen-bond donors (Lipinski definition) is 1. The van der Waals surface area contributed by atoms with Crippen molar-refractivity contribution in [3.8, 4) is 0 Å². The molecule has 0 bridgehead atoms. The van der Waals surface area contributed by atoms with Gasteiger partial charge >= 0.3 is 5.97 Å². The summed E-state index contributed by atoms with van der Waals surface area (Å²) in [6.07, 6.45) is 10.00. The maximum atomic E-state index is 11.6. The maximum absolute atomic E-state index is 11.6. The molecule has 0 spiro atoms. The molecular formula is C16H32NdO2. The molecule has 0 heterocycles. The molecule has 2 nitrogen and oxygen atoms in total. The van der Waals surface area contributed by atoms with Crippen LogP contribution in [0.1, 0.15) is 85.5 Å². The molecular weight excluding hydrogens is 368 g/mol. The van der Waals surface area contributed by atoms with Gasteiger partial charge in [-0.25, -0.2) is 0 Å². The van der Waals surface area contributed by atoms with Gasteiger partial charge in [0.15, 0.2) is 0 Å². The molecule has 1 N–H and O–H groups in total. The van der Waals surface area contributed by atoms with Gasteiger partial charge in [0.05, 0.1) is 5.41 Å². The standard InChI is InChI=1S/C16H32O2.Nd/c1-5-7-8-9-10-11-13-16(12-6-2,14(3)4)15(17)18;/h14H,5-13H2,1-4H3,(H,17,18);. The first kappa shape index (κ1) is 22.1. The Bertz CT molecular complexity index is 229. The molecule has 0 aromatic heterocycles. The molecule has 19 heavy (non-hydrogen) atoms. The van der Waals surface area contributed by atoms with E-state index < -0.39 is 11.4 Å². The minimum absolute atomic E-state index is 0. The number of hydrogen-bond acceptors (Lipinski definition) is 1. The average Bonchev–Trinajstić information content (AvgIpc) is 2.31. The fourth-order valence-electron chi connectivity index (χ4n) is 2.83. The van der Waals surface area contributed by atoms with Gasteiger partial charge in [0.1, 0.15) is 0 Å². The first-order valence-corrected chi connectivity index (χ1v) is 7.74. The van der Waals surface area contributed by atoms with E-state index in [-0.39, 0.29) is 46.8 Å². The van der Waals surface area contributed by atoms with Gasteiger partial charge in [-0.05, 0) is 18.8 Å². The summed E-state index contributed by atoms with van der Waals surface area (Å²) in [4.78, 5) is 11.6. The Labute approximate surface area is 152 Å². The third kappa shape index (κ3) is 7.99. The summed E-state index contributed by atoms with van der Waals surface area (Å²) < 4.78 is 0. The van der Waals surface area contributed by atoms with E-state index in [2.05, 4.69) is 27.7 Å². The molecule has 0 aliphatic heterocycles. The van der Waals surface area contributed by atoms with Crippen molar-refractivity contribution in [3.05, 3.63) is 0 Å². The van der Waals surface area contributed by atoms with Gasteiger partial charge in [-0.2, -0.15) is 0 Å². The fourth-order valence-corrected chi connectivity index (χ4v) is 2.83. The molecule has 0 fully saturated rings. The normalized spacial score (nSPS) is 13.9. The predicted octanol–water partition coefficient (Wildman–Crippen LogP) is 5.26. The van der Waals surface area contributed by atoms with E-state index in [9.17, 15) is 9.90 Å². The molecule has 1 unspecified atom stereocenters. The fraction of sp³-hybridized carbons (Fsp3) is 0.938. The molecule has 112 valence electrons. The van der Waals surface area contributed by atoms with Gasteiger partial charge in [-0.1, -0.05) is 72.6 Å². The molecule has 0 saturated heterocycles. The summed E-state index contributed by atoms with van der Waals surface area (Å²) in [7, 11) is 0. The van der Waals surface area contributed by atoms with Crippen LogP contribution in [0.3, 0.4) is 0 Å². The second-order valence-corrected chi connectivity index (χ2v) is 5.88. The number of aliphatic carboxylic acids is 1. The second-order valence-electron chi connectivity index (χ2n) is 5.88. The first-order valence-electron chi connectivity index (χ1n) is 7.74. The summed E-state index contributed by atoms with van der Waals surface area (Å²) >= 11 is 0. The Morgan fingerprint density at radius 3 is 1.89 bits per heavy atom. The van der Waals surface area contributed by atoms with E-state index in [4.69, 9.17) is 0 Å². The zero-order valence-electron chi connectivity index (χ0n) is 13.3. The third-order valence-corrected chi connectivity index (χ3v) is 4.20. The largest absolute Gasteiger partial charge is 0.481 e. The van der Waals surface area contributed by atoms with Gasteiger partial charge < -0.3 is 5.11 Å². The number of carboxylic acid groups (broad SMARTS) is 1. The van der Waals surface area contributed by atoms with Crippen molar-refractivity contribution in [1.82, 2.24) is 0 Å². The van der Waals surface area contributed by atoms with Crippen molar-refractivity contribution in [2.45, 2.75) is 85.5 Å². The number of rotatable bonds is 11. The van der Waals surface area contributed by atoms with E-state index in [0.717, 1.165) is 25.7 Å². The first-order chi connectivity index (χ1) is 8.51. The minimum atomic E-state index is -0.590. The molecule has 3 heteroatoms. The van der Waals surface area contributed by atoms with Crippen LogP contribution in [0.2, 0.25) is 0 Å². The topological polar surface area (TPSA) is 37.3 Å². The van der Waals surface area contributed by atoms with Gasteiger partial charge in [-0.15, -0.1) is 0 Å². The van der Waals surface area contributed by atoms with Crippen molar-refractivity contribution in [2.24, 2.45) is 11.3 Å². The van der Waals surface area contributed by atoms with Crippen LogP contribution in [-0.2, 0) is 4.79 Å². The number of carboxylic acids is 1. The maximum Gasteiger partial charge on any atom is 0.309 e. The van der Waals surface area contributed by atoms with Crippen LogP contribution in [0.25, 0.3) is 0 Å². The van der Waals surface area contributed by atoms with Crippen molar-refractivity contribution >= 4 is 5.97 Å². The zero-order valence-corrected chi connectivity index (χ0v) is 16.5. The molecule has 0 aliphatic carbocycles. The van der Waals surface area contributed by atoms with Crippen molar-refractivity contribution in [1.29, 1.82) is 0 Å². The van der Waals surface area contributed by atoms with Gasteiger partial charge in [-0.3, -0.25) is 4.79 Å². The van der Waals surface area contributed by atoms with Gasteiger partial charge in [0.25, 0.3) is 0 Å².